The zero-order valence-electron chi connectivity index (χ0n) is 7.82. The number of hydrogen-bond donors (Lipinski definition) is 0. The van der Waals surface area contributed by atoms with Crippen molar-refractivity contribution in [2.75, 3.05) is 0 Å². The number of nitrogens with zero attached hydrogens (tertiary/aromatic N) is 3. The fraction of sp³-hybridized carbons (Fsp3) is 0.600. The predicted molar refractivity (Wildman–Crippen MR) is 49.1 cm³/mol. The molecule has 1 aliphatic rings. The summed E-state index contributed by atoms with van der Waals surface area (Å²) in [5.41, 5.74) is 2.63. The quantitative estimate of drug-likeness (QED) is 0.652. The second-order valence-electron chi connectivity index (χ2n) is 3.62. The highest BCUT2D eigenvalue weighted by Crippen LogP contribution is 2.32. The second kappa shape index (κ2) is 3.21. The fourth-order valence-electron chi connectivity index (χ4n) is 2.12. The van der Waals surface area contributed by atoms with E-state index in [9.17, 15) is 0 Å². The Bertz CT molecular complexity index is 346. The van der Waals surface area contributed by atoms with Crippen molar-refractivity contribution in [3.8, 4) is 6.07 Å². The first-order valence-electron chi connectivity index (χ1n) is 4.70. The zero-order valence-corrected chi connectivity index (χ0v) is 7.82. The van der Waals surface area contributed by atoms with Gasteiger partial charge >= 0.3 is 0 Å². The highest BCUT2D eigenvalue weighted by atomic mass is 15.3. The van der Waals surface area contributed by atoms with Gasteiger partial charge in [-0.3, -0.25) is 4.68 Å². The van der Waals surface area contributed by atoms with Crippen LogP contribution in [0.25, 0.3) is 0 Å². The third-order valence-electron chi connectivity index (χ3n) is 2.84. The Labute approximate surface area is 78.0 Å². The molecule has 1 unspecified atom stereocenters. The lowest BCUT2D eigenvalue weighted by molar-refractivity contribution is 0.541. The molecule has 68 valence electrons. The molecule has 3 heteroatoms. The molecule has 13 heavy (non-hydrogen) atoms. The molecule has 0 fully saturated rings. The lowest BCUT2D eigenvalue weighted by Crippen LogP contribution is -2.10. The van der Waals surface area contributed by atoms with Gasteiger partial charge in [0.2, 0.25) is 0 Å². The molecule has 2 rings (SSSR count). The zero-order chi connectivity index (χ0) is 9.26. The molecule has 1 aliphatic carbocycles. The molecule has 1 aromatic heterocycles. The van der Waals surface area contributed by atoms with Crippen LogP contribution in [-0.4, -0.2) is 9.78 Å². The van der Waals surface area contributed by atoms with Gasteiger partial charge in [0.1, 0.15) is 0 Å². The lowest BCUT2D eigenvalue weighted by atomic mass is 9.85. The van der Waals surface area contributed by atoms with E-state index in [1.165, 1.54) is 17.7 Å². The van der Waals surface area contributed by atoms with Gasteiger partial charge in [-0.05, 0) is 24.8 Å². The smallest absolute Gasteiger partial charge is 0.0628 e. The second-order valence-corrected chi connectivity index (χ2v) is 3.62. The lowest BCUT2D eigenvalue weighted by Gasteiger charge is -2.19. The van der Waals surface area contributed by atoms with E-state index in [1.54, 1.807) is 0 Å². The molecule has 0 aromatic carbocycles. The van der Waals surface area contributed by atoms with Gasteiger partial charge in [-0.1, -0.05) is 0 Å². The third kappa shape index (κ3) is 1.33. The first-order chi connectivity index (χ1) is 6.33. The highest BCUT2D eigenvalue weighted by molar-refractivity contribution is 5.26. The van der Waals surface area contributed by atoms with Gasteiger partial charge in [0.25, 0.3) is 0 Å². The first kappa shape index (κ1) is 8.31. The van der Waals surface area contributed by atoms with Crippen LogP contribution in [0, 0.1) is 11.3 Å². The highest BCUT2D eigenvalue weighted by Gasteiger charge is 2.22. The standard InChI is InChI=1S/C10H13N3/c1-13-10-4-2-3-8(5-6-11)9(10)7-12-13/h7-8H,2-5H2,1H3. The van der Waals surface area contributed by atoms with E-state index in [2.05, 4.69) is 11.2 Å². The van der Waals surface area contributed by atoms with Crippen LogP contribution in [0.5, 0.6) is 0 Å². The van der Waals surface area contributed by atoms with E-state index in [0.29, 0.717) is 12.3 Å². The molecule has 0 bridgehead atoms. The molecular formula is C10H13N3. The molecule has 0 spiro atoms. The fourth-order valence-corrected chi connectivity index (χ4v) is 2.12. The summed E-state index contributed by atoms with van der Waals surface area (Å²) in [6, 6.07) is 2.25. The Morgan fingerprint density at radius 1 is 1.77 bits per heavy atom. The predicted octanol–water partition coefficient (Wildman–Crippen LogP) is 1.75. The number of aryl methyl sites for hydroxylation is 1. The number of fused-ring (bicyclic) bond motifs is 1. The largest absolute Gasteiger partial charge is 0.272 e. The van der Waals surface area contributed by atoms with Crippen molar-refractivity contribution < 1.29 is 0 Å². The Kier molecular flexibility index (Phi) is 2.05. The average Bonchev–Trinajstić information content (AvgIpc) is 2.50. The van der Waals surface area contributed by atoms with Crippen LogP contribution >= 0.6 is 0 Å². The van der Waals surface area contributed by atoms with Gasteiger partial charge in [0.05, 0.1) is 12.3 Å². The van der Waals surface area contributed by atoms with E-state index in [-0.39, 0.29) is 0 Å². The van der Waals surface area contributed by atoms with Crippen molar-refractivity contribution in [1.82, 2.24) is 9.78 Å². The van der Waals surface area contributed by atoms with Crippen molar-refractivity contribution in [3.63, 3.8) is 0 Å². The first-order valence-corrected chi connectivity index (χ1v) is 4.70. The van der Waals surface area contributed by atoms with Gasteiger partial charge in [-0.15, -0.1) is 0 Å². The van der Waals surface area contributed by atoms with Crippen LogP contribution < -0.4 is 0 Å². The summed E-state index contributed by atoms with van der Waals surface area (Å²) in [7, 11) is 1.98. The third-order valence-corrected chi connectivity index (χ3v) is 2.84. The van der Waals surface area contributed by atoms with Gasteiger partial charge in [0.15, 0.2) is 0 Å². The maximum Gasteiger partial charge on any atom is 0.0628 e. The van der Waals surface area contributed by atoms with E-state index in [4.69, 9.17) is 5.26 Å². The number of rotatable bonds is 1. The SMILES string of the molecule is Cn1ncc2c1CCCC2CC#N. The Morgan fingerprint density at radius 2 is 2.62 bits per heavy atom. The molecule has 1 aromatic rings. The van der Waals surface area contributed by atoms with Gasteiger partial charge < -0.3 is 0 Å². The van der Waals surface area contributed by atoms with Crippen LogP contribution in [-0.2, 0) is 13.5 Å². The maximum atomic E-state index is 8.67. The molecule has 0 radical (unpaired) electrons. The van der Waals surface area contributed by atoms with Crippen molar-refractivity contribution in [1.29, 1.82) is 5.26 Å². The summed E-state index contributed by atoms with van der Waals surface area (Å²) in [4.78, 5) is 0. The van der Waals surface area contributed by atoms with Crippen LogP contribution in [0.2, 0.25) is 0 Å². The maximum absolute atomic E-state index is 8.67. The molecular weight excluding hydrogens is 162 g/mol. The van der Waals surface area contributed by atoms with Gasteiger partial charge in [-0.2, -0.15) is 10.4 Å². The number of aromatic nitrogens is 2. The molecule has 0 aliphatic heterocycles. The normalized spacial score (nSPS) is 20.8. The van der Waals surface area contributed by atoms with E-state index >= 15 is 0 Å². The minimum atomic E-state index is 0.433. The molecule has 3 nitrogen and oxygen atoms in total. The Morgan fingerprint density at radius 3 is 3.38 bits per heavy atom. The van der Waals surface area contributed by atoms with Crippen LogP contribution in [0.1, 0.15) is 36.4 Å². The number of nitriles is 1. The molecule has 0 amide bonds. The Balaban J connectivity index is 2.33. The molecule has 0 saturated heterocycles. The minimum absolute atomic E-state index is 0.433. The molecule has 1 atom stereocenters. The summed E-state index contributed by atoms with van der Waals surface area (Å²) < 4.78 is 1.94. The van der Waals surface area contributed by atoms with E-state index < -0.39 is 0 Å². The van der Waals surface area contributed by atoms with Gasteiger partial charge in [0, 0.05) is 25.1 Å². The topological polar surface area (TPSA) is 41.6 Å². The summed E-state index contributed by atoms with van der Waals surface area (Å²) >= 11 is 0. The molecule has 0 N–H and O–H groups in total. The molecule has 1 heterocycles. The van der Waals surface area contributed by atoms with Crippen LogP contribution in [0.15, 0.2) is 6.20 Å². The monoisotopic (exact) mass is 175 g/mol. The number of hydrogen-bond acceptors (Lipinski definition) is 2. The van der Waals surface area contributed by atoms with Gasteiger partial charge in [-0.25, -0.2) is 0 Å². The molecule has 0 saturated carbocycles. The van der Waals surface area contributed by atoms with E-state index in [1.807, 2.05) is 17.9 Å². The average molecular weight is 175 g/mol. The van der Waals surface area contributed by atoms with Crippen LogP contribution in [0.3, 0.4) is 0 Å². The summed E-state index contributed by atoms with van der Waals surface area (Å²) in [6.45, 7) is 0. The van der Waals surface area contributed by atoms with Crippen LogP contribution in [0.4, 0.5) is 0 Å². The van der Waals surface area contributed by atoms with Crippen molar-refractivity contribution in [3.05, 3.63) is 17.5 Å². The van der Waals surface area contributed by atoms with E-state index in [0.717, 1.165) is 12.8 Å². The summed E-state index contributed by atoms with van der Waals surface area (Å²) in [5, 5.41) is 12.9. The van der Waals surface area contributed by atoms with Crippen molar-refractivity contribution in [2.24, 2.45) is 7.05 Å². The summed E-state index contributed by atoms with van der Waals surface area (Å²) in [6.07, 6.45) is 6.02. The van der Waals surface area contributed by atoms with Crippen molar-refractivity contribution in [2.45, 2.75) is 31.6 Å². The summed E-state index contributed by atoms with van der Waals surface area (Å²) in [5.74, 6) is 0.433. The van der Waals surface area contributed by atoms with Crippen molar-refractivity contribution >= 4 is 0 Å². The minimum Gasteiger partial charge on any atom is -0.272 e. The Hall–Kier alpha value is -1.30.